The lowest BCUT2D eigenvalue weighted by molar-refractivity contribution is -0.121. The number of likely N-dealkylation sites (tertiary alicyclic amines) is 1. The normalized spacial score (nSPS) is 16.8. The van der Waals surface area contributed by atoms with Crippen LogP contribution in [0.15, 0.2) is 41.8 Å². The van der Waals surface area contributed by atoms with Crippen molar-refractivity contribution in [2.24, 2.45) is 0 Å². The quantitative estimate of drug-likeness (QED) is 0.810. The maximum absolute atomic E-state index is 12.9. The molecule has 1 aliphatic heterocycles. The van der Waals surface area contributed by atoms with Gasteiger partial charge in [0.05, 0.1) is 4.88 Å². The number of carbonyl (C=O) groups excluding carboxylic acids is 2. The number of anilines is 2. The van der Waals surface area contributed by atoms with E-state index in [2.05, 4.69) is 24.1 Å². The Morgan fingerprint density at radius 1 is 1.15 bits per heavy atom. The van der Waals surface area contributed by atoms with E-state index in [0.29, 0.717) is 17.8 Å². The molecule has 0 bridgehead atoms. The molecule has 2 amide bonds. The van der Waals surface area contributed by atoms with Gasteiger partial charge >= 0.3 is 0 Å². The Balaban J connectivity index is 1.69. The average Bonchev–Trinajstić information content (AvgIpc) is 3.24. The topological polar surface area (TPSA) is 52.7 Å². The number of amides is 2. The van der Waals surface area contributed by atoms with Crippen molar-refractivity contribution in [3.05, 3.63) is 46.7 Å². The smallest absolute Gasteiger partial charge is 0.264 e. The van der Waals surface area contributed by atoms with Crippen LogP contribution in [0.1, 0.15) is 42.8 Å². The van der Waals surface area contributed by atoms with Crippen LogP contribution in [0.2, 0.25) is 0 Å². The molecule has 6 heteroatoms. The number of rotatable bonds is 6. The number of hydrogen-bond acceptors (Lipinski definition) is 4. The van der Waals surface area contributed by atoms with Gasteiger partial charge in [-0.05, 0) is 68.8 Å². The number of thiophene rings is 1. The first-order valence-corrected chi connectivity index (χ1v) is 10.5. The molecule has 1 fully saturated rings. The summed E-state index contributed by atoms with van der Waals surface area (Å²) in [4.78, 5) is 30.3. The van der Waals surface area contributed by atoms with Gasteiger partial charge in [0, 0.05) is 31.0 Å². The van der Waals surface area contributed by atoms with Crippen LogP contribution < -0.4 is 10.2 Å². The van der Waals surface area contributed by atoms with Crippen molar-refractivity contribution in [2.75, 3.05) is 29.9 Å². The molecule has 5 nitrogen and oxygen atoms in total. The van der Waals surface area contributed by atoms with E-state index in [0.717, 1.165) is 37.3 Å². The van der Waals surface area contributed by atoms with Crippen LogP contribution in [0.25, 0.3) is 0 Å². The van der Waals surface area contributed by atoms with E-state index in [9.17, 15) is 9.59 Å². The molecule has 0 saturated carbocycles. The number of piperidine rings is 1. The molecule has 2 aromatic rings. The second kappa shape index (κ2) is 9.04. The number of hydrogen-bond donors (Lipinski definition) is 1. The maximum atomic E-state index is 12.9. The molecule has 3 rings (SSSR count). The van der Waals surface area contributed by atoms with Crippen molar-refractivity contribution < 1.29 is 9.59 Å². The molecule has 144 valence electrons. The SMILES string of the molecule is CCN(CC)c1ccc(NC(=O)C2CCCCN2C(=O)c2cccs2)cc1. The van der Waals surface area contributed by atoms with E-state index in [1.165, 1.54) is 11.3 Å². The van der Waals surface area contributed by atoms with Gasteiger partial charge in [0.1, 0.15) is 6.04 Å². The highest BCUT2D eigenvalue weighted by Crippen LogP contribution is 2.24. The minimum Gasteiger partial charge on any atom is -0.372 e. The lowest BCUT2D eigenvalue weighted by atomic mass is 10.0. The molecule has 0 radical (unpaired) electrons. The zero-order chi connectivity index (χ0) is 19.2. The Morgan fingerprint density at radius 2 is 1.89 bits per heavy atom. The summed E-state index contributed by atoms with van der Waals surface area (Å²) in [5, 5.41) is 4.89. The highest BCUT2D eigenvalue weighted by Gasteiger charge is 2.33. The zero-order valence-electron chi connectivity index (χ0n) is 16.0. The van der Waals surface area contributed by atoms with Crippen molar-refractivity contribution in [3.63, 3.8) is 0 Å². The van der Waals surface area contributed by atoms with Gasteiger partial charge in [-0.3, -0.25) is 9.59 Å². The summed E-state index contributed by atoms with van der Waals surface area (Å²) in [5.74, 6) is -0.142. The van der Waals surface area contributed by atoms with Crippen LogP contribution in [0.4, 0.5) is 11.4 Å². The summed E-state index contributed by atoms with van der Waals surface area (Å²) < 4.78 is 0. The molecular weight excluding hydrogens is 358 g/mol. The fraction of sp³-hybridized carbons (Fsp3) is 0.429. The summed E-state index contributed by atoms with van der Waals surface area (Å²) in [6, 6.07) is 11.2. The monoisotopic (exact) mass is 385 g/mol. The number of nitrogens with one attached hydrogen (secondary N) is 1. The average molecular weight is 386 g/mol. The van der Waals surface area contributed by atoms with Crippen molar-refractivity contribution in [3.8, 4) is 0 Å². The number of nitrogens with zero attached hydrogens (tertiary/aromatic N) is 2. The lowest BCUT2D eigenvalue weighted by Gasteiger charge is -2.34. The van der Waals surface area contributed by atoms with Crippen molar-refractivity contribution in [1.29, 1.82) is 0 Å². The molecular formula is C21H27N3O2S. The third kappa shape index (κ3) is 4.50. The van der Waals surface area contributed by atoms with Crippen molar-refractivity contribution in [1.82, 2.24) is 4.90 Å². The molecule has 1 N–H and O–H groups in total. The molecule has 1 unspecified atom stereocenters. The first-order valence-electron chi connectivity index (χ1n) is 9.64. The first-order chi connectivity index (χ1) is 13.1. The zero-order valence-corrected chi connectivity index (χ0v) is 16.8. The van der Waals surface area contributed by atoms with Crippen LogP contribution in [-0.2, 0) is 4.79 Å². The molecule has 1 saturated heterocycles. The molecule has 2 heterocycles. The van der Waals surface area contributed by atoms with E-state index in [1.54, 1.807) is 4.90 Å². The summed E-state index contributed by atoms with van der Waals surface area (Å²) in [5.41, 5.74) is 1.91. The number of benzene rings is 1. The van der Waals surface area contributed by atoms with Gasteiger partial charge in [0.15, 0.2) is 0 Å². The first kappa shape index (κ1) is 19.4. The van der Waals surface area contributed by atoms with E-state index in [4.69, 9.17) is 0 Å². The second-order valence-corrected chi connectivity index (χ2v) is 7.64. The van der Waals surface area contributed by atoms with Crippen LogP contribution in [0, 0.1) is 0 Å². The van der Waals surface area contributed by atoms with E-state index >= 15 is 0 Å². The summed E-state index contributed by atoms with van der Waals surface area (Å²) in [7, 11) is 0. The van der Waals surface area contributed by atoms with E-state index in [-0.39, 0.29) is 11.8 Å². The molecule has 1 aromatic heterocycles. The molecule has 1 atom stereocenters. The van der Waals surface area contributed by atoms with E-state index < -0.39 is 6.04 Å². The highest BCUT2D eigenvalue weighted by atomic mass is 32.1. The highest BCUT2D eigenvalue weighted by molar-refractivity contribution is 7.12. The summed E-state index contributed by atoms with van der Waals surface area (Å²) in [6.07, 6.45) is 2.62. The Bertz CT molecular complexity index is 754. The Kier molecular flexibility index (Phi) is 6.50. The Morgan fingerprint density at radius 3 is 2.52 bits per heavy atom. The maximum Gasteiger partial charge on any atom is 0.264 e. The predicted octanol–water partition coefficient (Wildman–Crippen LogP) is 4.23. The van der Waals surface area contributed by atoms with Crippen molar-refractivity contribution in [2.45, 2.75) is 39.2 Å². The minimum absolute atomic E-state index is 0.0401. The van der Waals surface area contributed by atoms with Gasteiger partial charge in [0.2, 0.25) is 5.91 Å². The van der Waals surface area contributed by atoms with Crippen molar-refractivity contribution >= 4 is 34.5 Å². The standard InChI is InChI=1S/C21H27N3O2S/c1-3-23(4-2)17-12-10-16(11-13-17)22-20(25)18-8-5-6-14-24(18)21(26)19-9-7-15-27-19/h7,9-13,15,18H,3-6,8,14H2,1-2H3,(H,22,25). The van der Waals surface area contributed by atoms with Gasteiger partial charge in [0.25, 0.3) is 5.91 Å². The van der Waals surface area contributed by atoms with E-state index in [1.807, 2.05) is 41.8 Å². The van der Waals surface area contributed by atoms with Gasteiger partial charge in [-0.15, -0.1) is 11.3 Å². The molecule has 1 aromatic carbocycles. The second-order valence-electron chi connectivity index (χ2n) is 6.70. The Hall–Kier alpha value is -2.34. The van der Waals surface area contributed by atoms with Crippen LogP contribution in [-0.4, -0.2) is 42.4 Å². The van der Waals surface area contributed by atoms with Gasteiger partial charge in [-0.1, -0.05) is 6.07 Å². The Labute approximate surface area is 165 Å². The van der Waals surface area contributed by atoms with Gasteiger partial charge in [-0.2, -0.15) is 0 Å². The largest absolute Gasteiger partial charge is 0.372 e. The predicted molar refractivity (Wildman–Crippen MR) is 112 cm³/mol. The molecule has 27 heavy (non-hydrogen) atoms. The third-order valence-corrected chi connectivity index (χ3v) is 5.92. The third-order valence-electron chi connectivity index (χ3n) is 5.06. The van der Waals surface area contributed by atoms with Gasteiger partial charge < -0.3 is 15.1 Å². The van der Waals surface area contributed by atoms with Crippen LogP contribution >= 0.6 is 11.3 Å². The fourth-order valence-electron chi connectivity index (χ4n) is 3.56. The van der Waals surface area contributed by atoms with Crippen LogP contribution in [0.5, 0.6) is 0 Å². The fourth-order valence-corrected chi connectivity index (χ4v) is 4.24. The minimum atomic E-state index is -0.407. The van der Waals surface area contributed by atoms with Gasteiger partial charge in [-0.25, -0.2) is 0 Å². The van der Waals surface area contributed by atoms with Crippen LogP contribution in [0.3, 0.4) is 0 Å². The summed E-state index contributed by atoms with van der Waals surface area (Å²) in [6.45, 7) is 6.78. The lowest BCUT2D eigenvalue weighted by Crippen LogP contribution is -2.49. The molecule has 0 spiro atoms. The summed E-state index contributed by atoms with van der Waals surface area (Å²) >= 11 is 1.42. The molecule has 1 aliphatic rings. The number of carbonyl (C=O) groups is 2. The molecule has 0 aliphatic carbocycles.